The number of hydrogen-bond donors (Lipinski definition) is 1. The van der Waals surface area contributed by atoms with Gasteiger partial charge in [-0.3, -0.25) is 9.59 Å². The van der Waals surface area contributed by atoms with Crippen LogP contribution in [0, 0.1) is 0 Å². The lowest BCUT2D eigenvalue weighted by Gasteiger charge is -2.31. The first-order valence-electron chi connectivity index (χ1n) is 10.7. The molecule has 172 valence electrons. The van der Waals surface area contributed by atoms with E-state index in [0.717, 1.165) is 11.1 Å². The van der Waals surface area contributed by atoms with Crippen molar-refractivity contribution < 1.29 is 14.3 Å². The zero-order valence-corrected chi connectivity index (χ0v) is 20.7. The Morgan fingerprint density at radius 3 is 2.24 bits per heavy atom. The molecule has 0 saturated heterocycles. The summed E-state index contributed by atoms with van der Waals surface area (Å²) in [4.78, 5) is 28.1. The summed E-state index contributed by atoms with van der Waals surface area (Å²) in [6.07, 6.45) is 0.399. The average Bonchev–Trinajstić information content (AvgIpc) is 2.82. The largest absolute Gasteiger partial charge is 0.483 e. The van der Waals surface area contributed by atoms with Crippen molar-refractivity contribution in [2.75, 3.05) is 13.2 Å². The van der Waals surface area contributed by atoms with Crippen LogP contribution in [0.25, 0.3) is 0 Å². The van der Waals surface area contributed by atoms with Crippen LogP contribution in [0.3, 0.4) is 0 Å². The Hall–Kier alpha value is -2.83. The van der Waals surface area contributed by atoms with E-state index in [4.69, 9.17) is 16.3 Å². The molecule has 1 atom stereocenters. The predicted octanol–water partition coefficient (Wildman–Crippen LogP) is 5.26. The van der Waals surface area contributed by atoms with Gasteiger partial charge in [0, 0.05) is 24.5 Å². The SMILES string of the molecule is CCNC(=O)[C@@H](Cc1ccccc1)N(Cc1ccccc1)C(=O)COc1ccc(Cl)cc1Br. The lowest BCUT2D eigenvalue weighted by molar-refractivity contribution is -0.142. The summed E-state index contributed by atoms with van der Waals surface area (Å²) >= 11 is 9.40. The molecule has 0 aliphatic rings. The van der Waals surface area contributed by atoms with Gasteiger partial charge in [-0.25, -0.2) is 0 Å². The van der Waals surface area contributed by atoms with Crippen molar-refractivity contribution >= 4 is 39.3 Å². The zero-order valence-electron chi connectivity index (χ0n) is 18.3. The summed E-state index contributed by atoms with van der Waals surface area (Å²) in [6, 6.07) is 23.7. The Labute approximate surface area is 207 Å². The second kappa shape index (κ2) is 12.4. The average molecular weight is 530 g/mol. The first kappa shape index (κ1) is 24.8. The van der Waals surface area contributed by atoms with Crippen LogP contribution in [0.4, 0.5) is 0 Å². The highest BCUT2D eigenvalue weighted by atomic mass is 79.9. The van der Waals surface area contributed by atoms with Gasteiger partial charge in [-0.05, 0) is 52.2 Å². The fraction of sp³-hybridized carbons (Fsp3) is 0.231. The number of likely N-dealkylation sites (N-methyl/N-ethyl adjacent to an activating group) is 1. The third-order valence-corrected chi connectivity index (χ3v) is 5.92. The van der Waals surface area contributed by atoms with Crippen LogP contribution in [0.5, 0.6) is 5.75 Å². The maximum absolute atomic E-state index is 13.4. The molecule has 0 bridgehead atoms. The molecule has 0 aliphatic carbocycles. The number of benzene rings is 3. The van der Waals surface area contributed by atoms with Gasteiger partial charge in [-0.1, -0.05) is 72.3 Å². The van der Waals surface area contributed by atoms with Crippen molar-refractivity contribution in [3.63, 3.8) is 0 Å². The standard InChI is InChI=1S/C26H26BrClN2O3/c1-2-29-26(32)23(15-19-9-5-3-6-10-19)30(17-20-11-7-4-8-12-20)25(31)18-33-24-14-13-21(28)16-22(24)27/h3-14,16,23H,2,15,17-18H2,1H3,(H,29,32)/t23-/m1/s1. The number of ether oxygens (including phenoxy) is 1. The normalized spacial score (nSPS) is 11.5. The van der Waals surface area contributed by atoms with Crippen molar-refractivity contribution in [3.8, 4) is 5.75 Å². The van der Waals surface area contributed by atoms with E-state index in [1.807, 2.05) is 67.6 Å². The molecule has 0 fully saturated rings. The molecule has 0 radical (unpaired) electrons. The second-order valence-electron chi connectivity index (χ2n) is 7.47. The van der Waals surface area contributed by atoms with Gasteiger partial charge in [-0.2, -0.15) is 0 Å². The summed E-state index contributed by atoms with van der Waals surface area (Å²) in [5, 5.41) is 3.44. The lowest BCUT2D eigenvalue weighted by atomic mass is 10.0. The minimum atomic E-state index is -0.683. The predicted molar refractivity (Wildman–Crippen MR) is 134 cm³/mol. The number of hydrogen-bond acceptors (Lipinski definition) is 3. The van der Waals surface area contributed by atoms with Gasteiger partial charge in [-0.15, -0.1) is 0 Å². The van der Waals surface area contributed by atoms with E-state index < -0.39 is 6.04 Å². The lowest BCUT2D eigenvalue weighted by Crippen LogP contribution is -2.51. The molecule has 2 amide bonds. The van der Waals surface area contributed by atoms with Crippen LogP contribution < -0.4 is 10.1 Å². The minimum absolute atomic E-state index is 0.196. The Bertz CT molecular complexity index is 1060. The number of nitrogens with zero attached hydrogens (tertiary/aromatic N) is 1. The van der Waals surface area contributed by atoms with Crippen LogP contribution in [0.15, 0.2) is 83.3 Å². The van der Waals surface area contributed by atoms with Crippen molar-refractivity contribution in [2.24, 2.45) is 0 Å². The molecule has 7 heteroatoms. The zero-order chi connectivity index (χ0) is 23.6. The molecule has 3 rings (SSSR count). The molecule has 1 N–H and O–H groups in total. The highest BCUT2D eigenvalue weighted by Gasteiger charge is 2.30. The fourth-order valence-electron chi connectivity index (χ4n) is 3.44. The third-order valence-electron chi connectivity index (χ3n) is 5.06. The quantitative estimate of drug-likeness (QED) is 0.390. The van der Waals surface area contributed by atoms with E-state index in [0.29, 0.717) is 34.8 Å². The van der Waals surface area contributed by atoms with Crippen LogP contribution in [-0.2, 0) is 22.6 Å². The summed E-state index contributed by atoms with van der Waals surface area (Å²) in [7, 11) is 0. The number of carbonyl (C=O) groups excluding carboxylic acids is 2. The van der Waals surface area contributed by atoms with Gasteiger partial charge in [0.2, 0.25) is 5.91 Å². The van der Waals surface area contributed by atoms with Crippen LogP contribution in [0.1, 0.15) is 18.1 Å². The molecule has 0 saturated carbocycles. The molecule has 0 aromatic heterocycles. The number of nitrogens with one attached hydrogen (secondary N) is 1. The summed E-state index contributed by atoms with van der Waals surface area (Å²) in [5.41, 5.74) is 1.90. The van der Waals surface area contributed by atoms with Gasteiger partial charge in [0.1, 0.15) is 11.8 Å². The molecule has 0 unspecified atom stereocenters. The Morgan fingerprint density at radius 2 is 1.64 bits per heavy atom. The molecule has 0 heterocycles. The number of carbonyl (C=O) groups is 2. The van der Waals surface area contributed by atoms with Crippen LogP contribution in [0.2, 0.25) is 5.02 Å². The molecular formula is C26H26BrClN2O3. The molecule has 3 aromatic carbocycles. The summed E-state index contributed by atoms with van der Waals surface area (Å²) in [6.45, 7) is 2.42. The molecule has 5 nitrogen and oxygen atoms in total. The van der Waals surface area contributed by atoms with Crippen LogP contribution >= 0.6 is 27.5 Å². The van der Waals surface area contributed by atoms with Crippen molar-refractivity contribution in [2.45, 2.75) is 25.9 Å². The number of halogens is 2. The topological polar surface area (TPSA) is 58.6 Å². The van der Waals surface area contributed by atoms with E-state index in [1.165, 1.54) is 0 Å². The van der Waals surface area contributed by atoms with Crippen molar-refractivity contribution in [1.29, 1.82) is 0 Å². The highest BCUT2D eigenvalue weighted by molar-refractivity contribution is 9.10. The van der Waals surface area contributed by atoms with Gasteiger partial charge < -0.3 is 15.0 Å². The van der Waals surface area contributed by atoms with E-state index in [9.17, 15) is 9.59 Å². The van der Waals surface area contributed by atoms with Crippen molar-refractivity contribution in [1.82, 2.24) is 10.2 Å². The van der Waals surface area contributed by atoms with E-state index in [1.54, 1.807) is 23.1 Å². The van der Waals surface area contributed by atoms with Crippen LogP contribution in [-0.4, -0.2) is 35.9 Å². The molecule has 0 aliphatic heterocycles. The minimum Gasteiger partial charge on any atom is -0.483 e. The Kier molecular flexibility index (Phi) is 9.34. The van der Waals surface area contributed by atoms with E-state index >= 15 is 0 Å². The van der Waals surface area contributed by atoms with Gasteiger partial charge in [0.05, 0.1) is 4.47 Å². The summed E-state index contributed by atoms with van der Waals surface area (Å²) < 4.78 is 6.44. The van der Waals surface area contributed by atoms with E-state index in [2.05, 4.69) is 21.2 Å². The second-order valence-corrected chi connectivity index (χ2v) is 8.76. The monoisotopic (exact) mass is 528 g/mol. The first-order chi connectivity index (χ1) is 16.0. The number of rotatable bonds is 10. The maximum Gasteiger partial charge on any atom is 0.261 e. The number of amides is 2. The third kappa shape index (κ3) is 7.34. The van der Waals surface area contributed by atoms with Gasteiger partial charge in [0.25, 0.3) is 5.91 Å². The Balaban J connectivity index is 1.87. The van der Waals surface area contributed by atoms with Gasteiger partial charge >= 0.3 is 0 Å². The molecule has 3 aromatic rings. The first-order valence-corrected chi connectivity index (χ1v) is 11.9. The van der Waals surface area contributed by atoms with E-state index in [-0.39, 0.29) is 18.4 Å². The Morgan fingerprint density at radius 1 is 1.00 bits per heavy atom. The molecule has 0 spiro atoms. The highest BCUT2D eigenvalue weighted by Crippen LogP contribution is 2.28. The molecular weight excluding hydrogens is 504 g/mol. The summed E-state index contributed by atoms with van der Waals surface area (Å²) in [5.74, 6) is 0.0243. The maximum atomic E-state index is 13.4. The van der Waals surface area contributed by atoms with Gasteiger partial charge in [0.15, 0.2) is 6.61 Å². The smallest absolute Gasteiger partial charge is 0.261 e. The molecule has 33 heavy (non-hydrogen) atoms. The van der Waals surface area contributed by atoms with Crippen molar-refractivity contribution in [3.05, 3.63) is 99.5 Å². The fourth-order valence-corrected chi connectivity index (χ4v) is 4.24.